The molecule has 1 aliphatic heterocycles. The van der Waals surface area contributed by atoms with E-state index in [2.05, 4.69) is 32.5 Å². The highest BCUT2D eigenvalue weighted by atomic mass is 16.2. The predicted octanol–water partition coefficient (Wildman–Crippen LogP) is 1.61. The summed E-state index contributed by atoms with van der Waals surface area (Å²) in [6, 6.07) is 8.31. The number of hydrogen-bond acceptors (Lipinski definition) is 4. The molecule has 0 radical (unpaired) electrons. The fourth-order valence-electron chi connectivity index (χ4n) is 3.16. The number of aromatic nitrogens is 3. The molecule has 2 heterocycles. The van der Waals surface area contributed by atoms with Crippen LogP contribution < -0.4 is 10.6 Å². The third kappa shape index (κ3) is 5.03. The molecule has 2 aromatic rings. The van der Waals surface area contributed by atoms with Gasteiger partial charge in [-0.2, -0.15) is 5.10 Å². The monoisotopic (exact) mass is 342 g/mol. The molecule has 7 nitrogen and oxygen atoms in total. The van der Waals surface area contributed by atoms with Crippen molar-refractivity contribution in [1.82, 2.24) is 30.3 Å². The van der Waals surface area contributed by atoms with Crippen molar-refractivity contribution in [3.63, 3.8) is 0 Å². The van der Waals surface area contributed by atoms with Crippen LogP contribution in [0.3, 0.4) is 0 Å². The Labute approximate surface area is 148 Å². The molecule has 7 heteroatoms. The summed E-state index contributed by atoms with van der Waals surface area (Å²) in [6.07, 6.45) is 5.74. The third-order valence-electron chi connectivity index (χ3n) is 4.68. The summed E-state index contributed by atoms with van der Waals surface area (Å²) in [6.45, 7) is 6.26. The zero-order chi connectivity index (χ0) is 17.5. The van der Waals surface area contributed by atoms with Gasteiger partial charge in [-0.3, -0.25) is 4.90 Å². The van der Waals surface area contributed by atoms with Crippen LogP contribution in [-0.2, 0) is 13.1 Å². The van der Waals surface area contributed by atoms with E-state index < -0.39 is 0 Å². The lowest BCUT2D eigenvalue weighted by Gasteiger charge is -2.23. The van der Waals surface area contributed by atoms with Gasteiger partial charge >= 0.3 is 6.03 Å². The molecule has 0 aliphatic carbocycles. The lowest BCUT2D eigenvalue weighted by atomic mass is 10.1. The Morgan fingerprint density at radius 1 is 1.20 bits per heavy atom. The lowest BCUT2D eigenvalue weighted by Crippen LogP contribution is -2.44. The first kappa shape index (κ1) is 17.4. The molecule has 3 rings (SSSR count). The summed E-state index contributed by atoms with van der Waals surface area (Å²) >= 11 is 0. The summed E-state index contributed by atoms with van der Waals surface area (Å²) in [5.74, 6) is 0. The average Bonchev–Trinajstić information content (AvgIpc) is 3.32. The van der Waals surface area contributed by atoms with E-state index in [4.69, 9.17) is 0 Å². The van der Waals surface area contributed by atoms with Crippen LogP contribution in [0, 0.1) is 0 Å². The van der Waals surface area contributed by atoms with Crippen LogP contribution in [0.4, 0.5) is 4.79 Å². The second kappa shape index (κ2) is 8.62. The SMILES string of the molecule is CC(CNC(=O)NCc1ccccc1Cn1cncn1)N1CCCC1. The first-order valence-corrected chi connectivity index (χ1v) is 8.87. The molecular weight excluding hydrogens is 316 g/mol. The summed E-state index contributed by atoms with van der Waals surface area (Å²) in [7, 11) is 0. The van der Waals surface area contributed by atoms with Crippen molar-refractivity contribution in [3.05, 3.63) is 48.0 Å². The van der Waals surface area contributed by atoms with Crippen molar-refractivity contribution in [2.75, 3.05) is 19.6 Å². The van der Waals surface area contributed by atoms with Gasteiger partial charge in [0.05, 0.1) is 6.54 Å². The number of hydrogen-bond donors (Lipinski definition) is 2. The van der Waals surface area contributed by atoms with Crippen molar-refractivity contribution < 1.29 is 4.79 Å². The van der Waals surface area contributed by atoms with Crippen molar-refractivity contribution in [1.29, 1.82) is 0 Å². The molecule has 0 spiro atoms. The number of carbonyl (C=O) groups is 1. The number of amides is 2. The third-order valence-corrected chi connectivity index (χ3v) is 4.68. The van der Waals surface area contributed by atoms with E-state index in [9.17, 15) is 4.79 Å². The Morgan fingerprint density at radius 2 is 1.96 bits per heavy atom. The van der Waals surface area contributed by atoms with Crippen LogP contribution in [0.15, 0.2) is 36.9 Å². The molecule has 0 saturated carbocycles. The topological polar surface area (TPSA) is 75.1 Å². The van der Waals surface area contributed by atoms with Gasteiger partial charge in [-0.25, -0.2) is 14.5 Å². The minimum Gasteiger partial charge on any atom is -0.337 e. The van der Waals surface area contributed by atoms with E-state index in [1.165, 1.54) is 19.2 Å². The first-order valence-electron chi connectivity index (χ1n) is 8.87. The zero-order valence-corrected chi connectivity index (χ0v) is 14.7. The Bertz CT molecular complexity index is 666. The van der Waals surface area contributed by atoms with Crippen LogP contribution in [0.2, 0.25) is 0 Å². The Kier molecular flexibility index (Phi) is 6.00. The largest absolute Gasteiger partial charge is 0.337 e. The first-order chi connectivity index (χ1) is 12.2. The molecule has 134 valence electrons. The summed E-state index contributed by atoms with van der Waals surface area (Å²) in [4.78, 5) is 18.5. The Hall–Kier alpha value is -2.41. The molecule has 2 amide bonds. The van der Waals surface area contributed by atoms with Crippen LogP contribution in [0.25, 0.3) is 0 Å². The summed E-state index contributed by atoms with van der Waals surface area (Å²) in [5.41, 5.74) is 2.21. The fourth-order valence-corrected chi connectivity index (χ4v) is 3.16. The second-order valence-electron chi connectivity index (χ2n) is 6.52. The molecule has 1 aromatic heterocycles. The standard InChI is InChI=1S/C18H26N6O/c1-15(23-8-4-5-9-23)10-20-18(25)21-11-16-6-2-3-7-17(16)12-24-14-19-13-22-24/h2-3,6-7,13-15H,4-5,8-12H2,1H3,(H2,20,21,25). The van der Waals surface area contributed by atoms with Crippen molar-refractivity contribution in [2.45, 2.75) is 38.9 Å². The minimum atomic E-state index is -0.124. The zero-order valence-electron chi connectivity index (χ0n) is 14.7. The van der Waals surface area contributed by atoms with Crippen molar-refractivity contribution in [2.24, 2.45) is 0 Å². The molecule has 1 aliphatic rings. The minimum absolute atomic E-state index is 0.124. The van der Waals surface area contributed by atoms with E-state index in [-0.39, 0.29) is 6.03 Å². The van der Waals surface area contributed by atoms with Crippen LogP contribution in [0.1, 0.15) is 30.9 Å². The van der Waals surface area contributed by atoms with Crippen LogP contribution in [-0.4, -0.2) is 51.4 Å². The normalized spacial score (nSPS) is 15.9. The quantitative estimate of drug-likeness (QED) is 0.802. The van der Waals surface area contributed by atoms with E-state index in [0.29, 0.717) is 25.7 Å². The molecule has 1 saturated heterocycles. The molecule has 2 N–H and O–H groups in total. The number of nitrogens with one attached hydrogen (secondary N) is 2. The summed E-state index contributed by atoms with van der Waals surface area (Å²) in [5, 5.41) is 10.1. The highest BCUT2D eigenvalue weighted by molar-refractivity contribution is 5.73. The van der Waals surface area contributed by atoms with Gasteiger partial charge in [0.1, 0.15) is 12.7 Å². The molecule has 1 aromatic carbocycles. The highest BCUT2D eigenvalue weighted by Gasteiger charge is 2.18. The predicted molar refractivity (Wildman–Crippen MR) is 96.1 cm³/mol. The molecule has 1 unspecified atom stereocenters. The maximum atomic E-state index is 12.1. The van der Waals surface area contributed by atoms with Gasteiger partial charge in [0.15, 0.2) is 0 Å². The van der Waals surface area contributed by atoms with E-state index in [1.807, 2.05) is 24.3 Å². The maximum Gasteiger partial charge on any atom is 0.315 e. The second-order valence-corrected chi connectivity index (χ2v) is 6.52. The number of rotatable bonds is 7. The van der Waals surface area contributed by atoms with E-state index >= 15 is 0 Å². The number of carbonyl (C=O) groups excluding carboxylic acids is 1. The smallest absolute Gasteiger partial charge is 0.315 e. The van der Waals surface area contributed by atoms with Gasteiger partial charge in [0.2, 0.25) is 0 Å². The van der Waals surface area contributed by atoms with Gasteiger partial charge < -0.3 is 10.6 Å². The number of urea groups is 1. The van der Waals surface area contributed by atoms with Crippen molar-refractivity contribution in [3.8, 4) is 0 Å². The molecule has 1 fully saturated rings. The van der Waals surface area contributed by atoms with Gasteiger partial charge in [-0.05, 0) is 44.0 Å². The molecular formula is C18H26N6O. The lowest BCUT2D eigenvalue weighted by molar-refractivity contribution is 0.226. The molecule has 0 bridgehead atoms. The number of likely N-dealkylation sites (tertiary alicyclic amines) is 1. The van der Waals surface area contributed by atoms with Crippen LogP contribution >= 0.6 is 0 Å². The highest BCUT2D eigenvalue weighted by Crippen LogP contribution is 2.11. The van der Waals surface area contributed by atoms with Gasteiger partial charge in [-0.1, -0.05) is 24.3 Å². The summed E-state index contributed by atoms with van der Waals surface area (Å²) < 4.78 is 1.77. The Morgan fingerprint density at radius 3 is 2.68 bits per heavy atom. The maximum absolute atomic E-state index is 12.1. The van der Waals surface area contributed by atoms with Crippen molar-refractivity contribution >= 4 is 6.03 Å². The fraction of sp³-hybridized carbons (Fsp3) is 0.500. The molecule has 1 atom stereocenters. The van der Waals surface area contributed by atoms with E-state index in [0.717, 1.165) is 24.2 Å². The molecule has 25 heavy (non-hydrogen) atoms. The Balaban J connectivity index is 1.47. The van der Waals surface area contributed by atoms with Gasteiger partial charge in [-0.15, -0.1) is 0 Å². The van der Waals surface area contributed by atoms with Crippen LogP contribution in [0.5, 0.6) is 0 Å². The van der Waals surface area contributed by atoms with Gasteiger partial charge in [0.25, 0.3) is 0 Å². The average molecular weight is 342 g/mol. The number of benzene rings is 1. The number of nitrogens with zero attached hydrogens (tertiary/aromatic N) is 4. The van der Waals surface area contributed by atoms with Gasteiger partial charge in [0, 0.05) is 19.1 Å². The van der Waals surface area contributed by atoms with E-state index in [1.54, 1.807) is 11.0 Å².